The first kappa shape index (κ1) is 13.9. The molecular weight excluding hydrogens is 234 g/mol. The standard InChI is InChI=1S/C13H15NO4/c1-18-13(15)10-6-8-11-7-4-2-3-5-9-12(11)14(16)17/h2-5,7,9H,6,8,10H2,1H3. The molecule has 0 heterocycles. The van der Waals surface area contributed by atoms with Crippen molar-refractivity contribution < 1.29 is 14.5 Å². The highest BCUT2D eigenvalue weighted by molar-refractivity contribution is 5.69. The fourth-order valence-corrected chi connectivity index (χ4v) is 1.55. The molecule has 0 radical (unpaired) electrons. The molecule has 1 rings (SSSR count). The fourth-order valence-electron chi connectivity index (χ4n) is 1.55. The lowest BCUT2D eigenvalue weighted by molar-refractivity contribution is -0.421. The summed E-state index contributed by atoms with van der Waals surface area (Å²) in [5.74, 6) is -0.302. The summed E-state index contributed by atoms with van der Waals surface area (Å²) in [6.45, 7) is 0. The number of nitrogens with zero attached hydrogens (tertiary/aromatic N) is 1. The average Bonchev–Trinajstić information content (AvgIpc) is 2.31. The lowest BCUT2D eigenvalue weighted by Gasteiger charge is -2.04. The molecule has 0 aromatic rings. The predicted molar refractivity (Wildman–Crippen MR) is 67.3 cm³/mol. The van der Waals surface area contributed by atoms with Crippen LogP contribution in [-0.4, -0.2) is 18.0 Å². The average molecular weight is 249 g/mol. The summed E-state index contributed by atoms with van der Waals surface area (Å²) in [7, 11) is 1.33. The fraction of sp³-hybridized carbons (Fsp3) is 0.308. The molecule has 0 N–H and O–H groups in total. The summed E-state index contributed by atoms with van der Waals surface area (Å²) >= 11 is 0. The Kier molecular flexibility index (Phi) is 5.57. The van der Waals surface area contributed by atoms with Crippen LogP contribution >= 0.6 is 0 Å². The zero-order valence-corrected chi connectivity index (χ0v) is 10.2. The van der Waals surface area contributed by atoms with Crippen LogP contribution < -0.4 is 0 Å². The van der Waals surface area contributed by atoms with E-state index in [0.717, 1.165) is 0 Å². The lowest BCUT2D eigenvalue weighted by atomic mass is 10.0. The first-order valence-electron chi connectivity index (χ1n) is 5.61. The topological polar surface area (TPSA) is 69.4 Å². The van der Waals surface area contributed by atoms with E-state index < -0.39 is 4.92 Å². The van der Waals surface area contributed by atoms with Crippen LogP contribution in [0.3, 0.4) is 0 Å². The Morgan fingerprint density at radius 2 is 1.94 bits per heavy atom. The SMILES string of the molecule is COC(=O)CCCC1=CC=CC=CC=C1[N+](=O)[O-]. The van der Waals surface area contributed by atoms with Crippen molar-refractivity contribution in [2.45, 2.75) is 19.3 Å². The van der Waals surface area contributed by atoms with E-state index >= 15 is 0 Å². The molecule has 0 fully saturated rings. The van der Waals surface area contributed by atoms with Crippen molar-refractivity contribution in [1.82, 2.24) is 0 Å². The van der Waals surface area contributed by atoms with E-state index in [1.807, 2.05) is 0 Å². The second kappa shape index (κ2) is 7.21. The number of hydrogen-bond acceptors (Lipinski definition) is 4. The van der Waals surface area contributed by atoms with Gasteiger partial charge in [-0.2, -0.15) is 0 Å². The van der Waals surface area contributed by atoms with E-state index in [1.165, 1.54) is 13.2 Å². The van der Waals surface area contributed by atoms with Crippen molar-refractivity contribution in [3.63, 3.8) is 0 Å². The number of allylic oxidation sites excluding steroid dienone is 7. The van der Waals surface area contributed by atoms with E-state index in [9.17, 15) is 14.9 Å². The number of ether oxygens (including phenoxy) is 1. The van der Waals surface area contributed by atoms with E-state index in [-0.39, 0.29) is 18.1 Å². The molecule has 0 aliphatic heterocycles. The van der Waals surface area contributed by atoms with Crippen LogP contribution in [0, 0.1) is 10.1 Å². The van der Waals surface area contributed by atoms with Gasteiger partial charge in [0.25, 0.3) is 5.70 Å². The summed E-state index contributed by atoms with van der Waals surface area (Å²) in [6.07, 6.45) is 11.3. The zero-order chi connectivity index (χ0) is 13.4. The van der Waals surface area contributed by atoms with Crippen molar-refractivity contribution in [3.05, 3.63) is 57.8 Å². The molecule has 5 nitrogen and oxygen atoms in total. The molecule has 0 saturated carbocycles. The van der Waals surface area contributed by atoms with Crippen LogP contribution in [0.2, 0.25) is 0 Å². The highest BCUT2D eigenvalue weighted by Gasteiger charge is 2.16. The summed E-state index contributed by atoms with van der Waals surface area (Å²) in [4.78, 5) is 21.5. The van der Waals surface area contributed by atoms with Gasteiger partial charge in [-0.3, -0.25) is 14.9 Å². The van der Waals surface area contributed by atoms with Gasteiger partial charge in [0.1, 0.15) is 0 Å². The van der Waals surface area contributed by atoms with Crippen molar-refractivity contribution in [3.8, 4) is 0 Å². The molecule has 0 atom stereocenters. The van der Waals surface area contributed by atoms with Gasteiger partial charge in [0.15, 0.2) is 0 Å². The number of carbonyl (C=O) groups excluding carboxylic acids is 1. The van der Waals surface area contributed by atoms with Gasteiger partial charge in [-0.25, -0.2) is 0 Å². The smallest absolute Gasteiger partial charge is 0.305 e. The largest absolute Gasteiger partial charge is 0.469 e. The van der Waals surface area contributed by atoms with E-state index in [1.54, 1.807) is 30.4 Å². The van der Waals surface area contributed by atoms with Gasteiger partial charge in [-0.15, -0.1) is 0 Å². The molecule has 0 aromatic heterocycles. The van der Waals surface area contributed by atoms with Crippen LogP contribution in [0.1, 0.15) is 19.3 Å². The summed E-state index contributed by atoms with van der Waals surface area (Å²) in [6, 6.07) is 0. The molecule has 0 spiro atoms. The first-order valence-corrected chi connectivity index (χ1v) is 5.61. The van der Waals surface area contributed by atoms with Gasteiger partial charge in [0.2, 0.25) is 0 Å². The monoisotopic (exact) mass is 249 g/mol. The molecule has 18 heavy (non-hydrogen) atoms. The maximum absolute atomic E-state index is 11.0. The van der Waals surface area contributed by atoms with Gasteiger partial charge < -0.3 is 4.74 Å². The van der Waals surface area contributed by atoms with Crippen LogP contribution in [0.4, 0.5) is 0 Å². The third kappa shape index (κ3) is 4.37. The maximum atomic E-state index is 11.0. The van der Waals surface area contributed by atoms with Crippen LogP contribution in [0.15, 0.2) is 47.7 Å². The maximum Gasteiger partial charge on any atom is 0.305 e. The predicted octanol–water partition coefficient (Wildman–Crippen LogP) is 2.54. The molecule has 1 aliphatic carbocycles. The Balaban J connectivity index is 2.70. The Hall–Kier alpha value is -2.17. The van der Waals surface area contributed by atoms with Crippen LogP contribution in [-0.2, 0) is 9.53 Å². The van der Waals surface area contributed by atoms with Gasteiger partial charge >= 0.3 is 5.97 Å². The Morgan fingerprint density at radius 1 is 1.28 bits per heavy atom. The van der Waals surface area contributed by atoms with Crippen molar-refractivity contribution in [2.24, 2.45) is 0 Å². The second-order valence-electron chi connectivity index (χ2n) is 3.70. The Morgan fingerprint density at radius 3 is 2.56 bits per heavy atom. The molecule has 5 heteroatoms. The van der Waals surface area contributed by atoms with Crippen LogP contribution in [0.25, 0.3) is 0 Å². The number of nitro groups is 1. The Bertz CT molecular complexity index is 444. The first-order chi connectivity index (χ1) is 8.65. The molecular formula is C13H15NO4. The normalized spacial score (nSPS) is 14.3. The lowest BCUT2D eigenvalue weighted by Crippen LogP contribution is -2.04. The minimum Gasteiger partial charge on any atom is -0.469 e. The van der Waals surface area contributed by atoms with E-state index in [4.69, 9.17) is 0 Å². The van der Waals surface area contributed by atoms with Crippen molar-refractivity contribution in [2.75, 3.05) is 7.11 Å². The minimum absolute atomic E-state index is 0.0699. The van der Waals surface area contributed by atoms with E-state index in [0.29, 0.717) is 18.4 Å². The molecule has 0 saturated heterocycles. The van der Waals surface area contributed by atoms with E-state index in [2.05, 4.69) is 4.74 Å². The molecule has 1 aliphatic rings. The van der Waals surface area contributed by atoms with Gasteiger partial charge in [0, 0.05) is 18.1 Å². The summed E-state index contributed by atoms with van der Waals surface area (Å²) < 4.78 is 4.53. The zero-order valence-electron chi connectivity index (χ0n) is 10.2. The number of carbonyl (C=O) groups is 1. The number of rotatable bonds is 5. The molecule has 0 unspecified atom stereocenters. The molecule has 0 aromatic carbocycles. The second-order valence-corrected chi connectivity index (χ2v) is 3.70. The number of hydrogen-bond donors (Lipinski definition) is 0. The van der Waals surface area contributed by atoms with Gasteiger partial charge in [-0.05, 0) is 12.8 Å². The van der Waals surface area contributed by atoms with Gasteiger partial charge in [0.05, 0.1) is 12.0 Å². The molecule has 0 amide bonds. The highest BCUT2D eigenvalue weighted by atomic mass is 16.6. The third-order valence-electron chi connectivity index (χ3n) is 2.47. The quantitative estimate of drug-likeness (QED) is 0.426. The van der Waals surface area contributed by atoms with Crippen molar-refractivity contribution in [1.29, 1.82) is 0 Å². The summed E-state index contributed by atoms with van der Waals surface area (Å²) in [5.41, 5.74) is 0.685. The molecule has 96 valence electrons. The number of methoxy groups -OCH3 is 1. The highest BCUT2D eigenvalue weighted by Crippen LogP contribution is 2.19. The third-order valence-corrected chi connectivity index (χ3v) is 2.47. The summed E-state index contributed by atoms with van der Waals surface area (Å²) in [5, 5.41) is 10.9. The van der Waals surface area contributed by atoms with Gasteiger partial charge in [-0.1, -0.05) is 30.4 Å². The van der Waals surface area contributed by atoms with Crippen molar-refractivity contribution >= 4 is 5.97 Å². The Labute approximate surface area is 105 Å². The molecule has 0 bridgehead atoms. The number of esters is 1. The minimum atomic E-state index is -0.409. The van der Waals surface area contributed by atoms with Crippen LogP contribution in [0.5, 0.6) is 0 Å².